The zero-order chi connectivity index (χ0) is 9.10. The van der Waals surface area contributed by atoms with Crippen LogP contribution in [0.1, 0.15) is 6.92 Å². The molecule has 0 radical (unpaired) electrons. The summed E-state index contributed by atoms with van der Waals surface area (Å²) in [7, 11) is 0. The highest BCUT2D eigenvalue weighted by Gasteiger charge is 1.97. The van der Waals surface area contributed by atoms with Gasteiger partial charge in [-0.1, -0.05) is 0 Å². The Balaban J connectivity index is 2.49. The highest BCUT2D eigenvalue weighted by molar-refractivity contribution is 5.74. The summed E-state index contributed by atoms with van der Waals surface area (Å²) in [6.45, 7) is 2.57. The summed E-state index contributed by atoms with van der Waals surface area (Å²) in [6.07, 6.45) is 1.73. The maximum atomic E-state index is 5.26. The van der Waals surface area contributed by atoms with E-state index in [1.165, 1.54) is 0 Å². The first kappa shape index (κ1) is 7.98. The molecule has 2 rings (SSSR count). The lowest BCUT2D eigenvalue weighted by Crippen LogP contribution is -1.94. The van der Waals surface area contributed by atoms with Gasteiger partial charge >= 0.3 is 0 Å². The molecule has 0 amide bonds. The first-order chi connectivity index (χ1) is 6.40. The van der Waals surface area contributed by atoms with Gasteiger partial charge < -0.3 is 4.74 Å². The highest BCUT2D eigenvalue weighted by atomic mass is 16.5. The van der Waals surface area contributed by atoms with Crippen molar-refractivity contribution in [2.24, 2.45) is 0 Å². The van der Waals surface area contributed by atoms with E-state index in [4.69, 9.17) is 4.74 Å². The van der Waals surface area contributed by atoms with Crippen LogP contribution in [-0.2, 0) is 0 Å². The molecule has 2 aromatic rings. The predicted molar refractivity (Wildman–Crippen MR) is 50.7 cm³/mol. The minimum atomic E-state index is 0.630. The van der Waals surface area contributed by atoms with E-state index in [1.807, 2.05) is 31.2 Å². The van der Waals surface area contributed by atoms with Crippen molar-refractivity contribution in [3.8, 4) is 5.88 Å². The minimum Gasteiger partial charge on any atom is -0.478 e. The van der Waals surface area contributed by atoms with Gasteiger partial charge in [-0.15, -0.1) is 0 Å². The van der Waals surface area contributed by atoms with Gasteiger partial charge in [-0.3, -0.25) is 0 Å². The number of nitrogens with zero attached hydrogens (tertiary/aromatic N) is 2. The lowest BCUT2D eigenvalue weighted by molar-refractivity contribution is 0.328. The van der Waals surface area contributed by atoms with Crippen LogP contribution in [0.3, 0.4) is 0 Å². The zero-order valence-corrected chi connectivity index (χ0v) is 7.40. The SMILES string of the molecule is CCOc1ccc2cccnc2n1. The van der Waals surface area contributed by atoms with Crippen LogP contribution in [0.25, 0.3) is 11.0 Å². The molecule has 0 N–H and O–H groups in total. The van der Waals surface area contributed by atoms with Gasteiger partial charge in [0.1, 0.15) is 0 Å². The Kier molecular flexibility index (Phi) is 2.08. The average Bonchev–Trinajstić information content (AvgIpc) is 2.18. The molecule has 0 unspecified atom stereocenters. The maximum Gasteiger partial charge on any atom is 0.215 e. The minimum absolute atomic E-state index is 0.630. The Bertz CT molecular complexity index is 414. The second-order valence-corrected chi connectivity index (χ2v) is 2.63. The molecule has 0 bridgehead atoms. The summed E-state index contributed by atoms with van der Waals surface area (Å²) < 4.78 is 5.26. The molecule has 0 aliphatic carbocycles. The Hall–Kier alpha value is -1.64. The van der Waals surface area contributed by atoms with Crippen LogP contribution in [0.2, 0.25) is 0 Å². The second kappa shape index (κ2) is 3.39. The highest BCUT2D eigenvalue weighted by Crippen LogP contribution is 2.13. The van der Waals surface area contributed by atoms with Gasteiger partial charge in [-0.25, -0.2) is 4.98 Å². The normalized spacial score (nSPS) is 10.2. The Morgan fingerprint density at radius 3 is 3.08 bits per heavy atom. The largest absolute Gasteiger partial charge is 0.478 e. The van der Waals surface area contributed by atoms with Crippen molar-refractivity contribution in [2.75, 3.05) is 6.61 Å². The molecule has 0 saturated heterocycles. The molecule has 3 nitrogen and oxygen atoms in total. The van der Waals surface area contributed by atoms with E-state index < -0.39 is 0 Å². The second-order valence-electron chi connectivity index (χ2n) is 2.63. The van der Waals surface area contributed by atoms with E-state index in [9.17, 15) is 0 Å². The van der Waals surface area contributed by atoms with Crippen molar-refractivity contribution in [2.45, 2.75) is 6.92 Å². The quantitative estimate of drug-likeness (QED) is 0.698. The molecule has 0 aliphatic heterocycles. The lowest BCUT2D eigenvalue weighted by Gasteiger charge is -2.01. The summed E-state index contributed by atoms with van der Waals surface area (Å²) in [5, 5.41) is 1.03. The van der Waals surface area contributed by atoms with Gasteiger partial charge in [0.2, 0.25) is 5.88 Å². The van der Waals surface area contributed by atoms with Crippen molar-refractivity contribution in [1.82, 2.24) is 9.97 Å². The van der Waals surface area contributed by atoms with E-state index in [1.54, 1.807) is 6.20 Å². The van der Waals surface area contributed by atoms with Crippen molar-refractivity contribution >= 4 is 11.0 Å². The number of pyridine rings is 2. The summed E-state index contributed by atoms with van der Waals surface area (Å²) in [5.41, 5.74) is 0.730. The lowest BCUT2D eigenvalue weighted by atomic mass is 10.3. The summed E-state index contributed by atoms with van der Waals surface area (Å²) >= 11 is 0. The van der Waals surface area contributed by atoms with Crippen molar-refractivity contribution < 1.29 is 4.74 Å². The van der Waals surface area contributed by atoms with E-state index in [0.29, 0.717) is 12.5 Å². The number of ether oxygens (including phenoxy) is 1. The third-order valence-corrected chi connectivity index (χ3v) is 1.73. The molecule has 0 aliphatic rings. The summed E-state index contributed by atoms with van der Waals surface area (Å²) in [6, 6.07) is 7.68. The van der Waals surface area contributed by atoms with Crippen LogP contribution in [0.4, 0.5) is 0 Å². The smallest absolute Gasteiger partial charge is 0.215 e. The van der Waals surface area contributed by atoms with E-state index >= 15 is 0 Å². The average molecular weight is 174 g/mol. The molecule has 0 spiro atoms. The third-order valence-electron chi connectivity index (χ3n) is 1.73. The molecule has 0 fully saturated rings. The number of aromatic nitrogens is 2. The fourth-order valence-electron chi connectivity index (χ4n) is 1.16. The Labute approximate surface area is 76.4 Å². The molecule has 66 valence electrons. The predicted octanol–water partition coefficient (Wildman–Crippen LogP) is 2.03. The standard InChI is InChI=1S/C10H10N2O/c1-2-13-9-6-5-8-4-3-7-11-10(8)12-9/h3-7H,2H2,1H3. The van der Waals surface area contributed by atoms with Gasteiger partial charge in [0.15, 0.2) is 5.65 Å². The van der Waals surface area contributed by atoms with Crippen LogP contribution in [0.15, 0.2) is 30.5 Å². The first-order valence-corrected chi connectivity index (χ1v) is 4.24. The van der Waals surface area contributed by atoms with Crippen LogP contribution >= 0.6 is 0 Å². The van der Waals surface area contributed by atoms with E-state index in [-0.39, 0.29) is 0 Å². The van der Waals surface area contributed by atoms with Crippen molar-refractivity contribution in [3.05, 3.63) is 30.5 Å². The summed E-state index contributed by atoms with van der Waals surface area (Å²) in [5.74, 6) is 0.633. The molecular weight excluding hydrogens is 164 g/mol. The van der Waals surface area contributed by atoms with Crippen molar-refractivity contribution in [1.29, 1.82) is 0 Å². The Morgan fingerprint density at radius 1 is 1.31 bits per heavy atom. The van der Waals surface area contributed by atoms with Gasteiger partial charge in [0.05, 0.1) is 6.61 Å². The van der Waals surface area contributed by atoms with Crippen LogP contribution < -0.4 is 4.74 Å². The van der Waals surface area contributed by atoms with Gasteiger partial charge in [-0.05, 0) is 25.1 Å². The monoisotopic (exact) mass is 174 g/mol. The van der Waals surface area contributed by atoms with Crippen LogP contribution in [0.5, 0.6) is 5.88 Å². The third kappa shape index (κ3) is 1.59. The molecule has 3 heteroatoms. The maximum absolute atomic E-state index is 5.26. The number of fused-ring (bicyclic) bond motifs is 1. The molecule has 2 aromatic heterocycles. The van der Waals surface area contributed by atoms with Crippen molar-refractivity contribution in [3.63, 3.8) is 0 Å². The topological polar surface area (TPSA) is 35.0 Å². The van der Waals surface area contributed by atoms with E-state index in [0.717, 1.165) is 11.0 Å². The van der Waals surface area contributed by atoms with Gasteiger partial charge in [0.25, 0.3) is 0 Å². The molecule has 0 saturated carbocycles. The summed E-state index contributed by atoms with van der Waals surface area (Å²) in [4.78, 5) is 8.36. The van der Waals surface area contributed by atoms with Crippen LogP contribution in [0, 0.1) is 0 Å². The van der Waals surface area contributed by atoms with Gasteiger partial charge in [-0.2, -0.15) is 4.98 Å². The fourth-order valence-corrected chi connectivity index (χ4v) is 1.16. The Morgan fingerprint density at radius 2 is 2.23 bits per heavy atom. The molecule has 2 heterocycles. The van der Waals surface area contributed by atoms with E-state index in [2.05, 4.69) is 9.97 Å². The molecule has 13 heavy (non-hydrogen) atoms. The molecular formula is C10H10N2O. The fraction of sp³-hybridized carbons (Fsp3) is 0.200. The zero-order valence-electron chi connectivity index (χ0n) is 7.40. The van der Waals surface area contributed by atoms with Gasteiger partial charge in [0, 0.05) is 17.6 Å². The molecule has 0 atom stereocenters. The molecule has 0 aromatic carbocycles. The first-order valence-electron chi connectivity index (χ1n) is 4.24. The van der Waals surface area contributed by atoms with Crippen LogP contribution in [-0.4, -0.2) is 16.6 Å². The number of hydrogen-bond acceptors (Lipinski definition) is 3. The number of rotatable bonds is 2. The number of hydrogen-bond donors (Lipinski definition) is 0.